The lowest BCUT2D eigenvalue weighted by molar-refractivity contribution is -0.114. The van der Waals surface area contributed by atoms with Crippen LogP contribution in [0.1, 0.15) is 5.56 Å². The molecule has 0 radical (unpaired) electrons. The molecule has 0 atom stereocenters. The first kappa shape index (κ1) is 22.3. The Labute approximate surface area is 187 Å². The summed E-state index contributed by atoms with van der Waals surface area (Å²) in [5.41, 5.74) is 1.50. The number of hydrogen-bond acceptors (Lipinski definition) is 3. The average molecular weight is 512 g/mol. The minimum atomic E-state index is -4.01. The van der Waals surface area contributed by atoms with Crippen molar-refractivity contribution in [1.29, 1.82) is 0 Å². The van der Waals surface area contributed by atoms with Gasteiger partial charge < -0.3 is 5.32 Å². The highest BCUT2D eigenvalue weighted by atomic mass is 79.9. The van der Waals surface area contributed by atoms with E-state index in [0.717, 1.165) is 20.4 Å². The van der Waals surface area contributed by atoms with Gasteiger partial charge in [-0.2, -0.15) is 0 Å². The second-order valence-electron chi connectivity index (χ2n) is 6.48. The smallest absolute Gasteiger partial charge is 0.264 e. The van der Waals surface area contributed by atoms with Crippen LogP contribution in [-0.4, -0.2) is 20.9 Å². The molecule has 0 heterocycles. The number of halogens is 3. The first-order valence-electron chi connectivity index (χ1n) is 8.77. The van der Waals surface area contributed by atoms with E-state index in [2.05, 4.69) is 21.2 Å². The van der Waals surface area contributed by atoms with Crippen molar-refractivity contribution in [3.05, 3.63) is 87.6 Å². The van der Waals surface area contributed by atoms with Gasteiger partial charge in [0.15, 0.2) is 0 Å². The SMILES string of the molecule is Cc1ccc(S(=O)(=O)N(CC(=O)Nc2ccc(F)c(Cl)c2)c2ccc(Br)cc2)cc1. The molecule has 1 amide bonds. The predicted molar refractivity (Wildman–Crippen MR) is 120 cm³/mol. The number of sulfonamides is 1. The molecule has 0 unspecified atom stereocenters. The van der Waals surface area contributed by atoms with E-state index in [9.17, 15) is 17.6 Å². The van der Waals surface area contributed by atoms with Crippen LogP contribution in [0.2, 0.25) is 5.02 Å². The number of benzene rings is 3. The van der Waals surface area contributed by atoms with E-state index in [0.29, 0.717) is 5.69 Å². The van der Waals surface area contributed by atoms with Crippen LogP contribution >= 0.6 is 27.5 Å². The summed E-state index contributed by atoms with van der Waals surface area (Å²) >= 11 is 9.06. The van der Waals surface area contributed by atoms with Crippen molar-refractivity contribution >= 4 is 54.8 Å². The van der Waals surface area contributed by atoms with Crippen molar-refractivity contribution in [2.75, 3.05) is 16.2 Å². The van der Waals surface area contributed by atoms with Gasteiger partial charge >= 0.3 is 0 Å². The summed E-state index contributed by atoms with van der Waals surface area (Å²) in [5, 5.41) is 2.40. The fourth-order valence-electron chi connectivity index (χ4n) is 2.66. The number of nitrogens with one attached hydrogen (secondary N) is 1. The molecule has 3 aromatic carbocycles. The summed E-state index contributed by atoms with van der Waals surface area (Å²) in [4.78, 5) is 12.7. The molecule has 0 spiro atoms. The number of rotatable bonds is 6. The molecule has 0 saturated carbocycles. The van der Waals surface area contributed by atoms with Gasteiger partial charge in [-0.3, -0.25) is 9.10 Å². The third-order valence-electron chi connectivity index (χ3n) is 4.21. The molecule has 0 aromatic heterocycles. The summed E-state index contributed by atoms with van der Waals surface area (Å²) < 4.78 is 41.7. The standard InChI is InChI=1S/C21H17BrClFN2O3S/c1-14-2-9-18(10-3-14)30(28,29)26(17-7-4-15(22)5-8-17)13-21(27)25-16-6-11-20(24)19(23)12-16/h2-12H,13H2,1H3,(H,25,27). The molecule has 0 aliphatic heterocycles. The Morgan fingerprint density at radius 3 is 2.30 bits per heavy atom. The van der Waals surface area contributed by atoms with Crippen LogP contribution in [0.25, 0.3) is 0 Å². The zero-order valence-electron chi connectivity index (χ0n) is 15.8. The van der Waals surface area contributed by atoms with E-state index in [4.69, 9.17) is 11.6 Å². The van der Waals surface area contributed by atoms with Crippen LogP contribution in [0.4, 0.5) is 15.8 Å². The zero-order chi connectivity index (χ0) is 21.9. The normalized spacial score (nSPS) is 11.2. The van der Waals surface area contributed by atoms with E-state index < -0.39 is 28.3 Å². The van der Waals surface area contributed by atoms with Crippen LogP contribution in [0.3, 0.4) is 0 Å². The maximum absolute atomic E-state index is 13.3. The molecule has 5 nitrogen and oxygen atoms in total. The van der Waals surface area contributed by atoms with Gasteiger partial charge in [-0.25, -0.2) is 12.8 Å². The van der Waals surface area contributed by atoms with E-state index in [1.165, 1.54) is 24.3 Å². The summed E-state index contributed by atoms with van der Waals surface area (Å²) in [6, 6.07) is 16.6. The second-order valence-corrected chi connectivity index (χ2v) is 9.66. The molecular formula is C21H17BrClFN2O3S. The molecule has 1 N–H and O–H groups in total. The molecular weight excluding hydrogens is 495 g/mol. The molecule has 3 aromatic rings. The summed E-state index contributed by atoms with van der Waals surface area (Å²) in [7, 11) is -4.01. The van der Waals surface area contributed by atoms with Crippen molar-refractivity contribution < 1.29 is 17.6 Å². The molecule has 0 aliphatic rings. The van der Waals surface area contributed by atoms with Crippen molar-refractivity contribution in [1.82, 2.24) is 0 Å². The number of carbonyl (C=O) groups excluding carboxylic acids is 1. The van der Waals surface area contributed by atoms with Gasteiger partial charge in [-0.05, 0) is 61.5 Å². The topological polar surface area (TPSA) is 66.5 Å². The lowest BCUT2D eigenvalue weighted by atomic mass is 10.2. The minimum absolute atomic E-state index is 0.0636. The van der Waals surface area contributed by atoms with Gasteiger partial charge in [0.1, 0.15) is 12.4 Å². The number of aryl methyl sites for hydroxylation is 1. The van der Waals surface area contributed by atoms with Gasteiger partial charge in [-0.1, -0.05) is 45.2 Å². The van der Waals surface area contributed by atoms with Crippen LogP contribution in [0.5, 0.6) is 0 Å². The van der Waals surface area contributed by atoms with Crippen molar-refractivity contribution in [3.63, 3.8) is 0 Å². The van der Waals surface area contributed by atoms with Crippen LogP contribution in [0, 0.1) is 12.7 Å². The molecule has 30 heavy (non-hydrogen) atoms. The molecule has 0 bridgehead atoms. The summed E-state index contributed by atoms with van der Waals surface area (Å²) in [6.45, 7) is 1.37. The highest BCUT2D eigenvalue weighted by Crippen LogP contribution is 2.26. The summed E-state index contributed by atoms with van der Waals surface area (Å²) in [6.07, 6.45) is 0. The van der Waals surface area contributed by atoms with Crippen molar-refractivity contribution in [2.45, 2.75) is 11.8 Å². The van der Waals surface area contributed by atoms with E-state index in [-0.39, 0.29) is 15.6 Å². The fraction of sp³-hybridized carbons (Fsp3) is 0.0952. The number of carbonyl (C=O) groups is 1. The molecule has 9 heteroatoms. The van der Waals surface area contributed by atoms with Crippen LogP contribution < -0.4 is 9.62 Å². The lowest BCUT2D eigenvalue weighted by Crippen LogP contribution is -2.38. The molecule has 0 saturated heterocycles. The average Bonchev–Trinajstić information content (AvgIpc) is 2.70. The quantitative estimate of drug-likeness (QED) is 0.483. The number of hydrogen-bond donors (Lipinski definition) is 1. The number of amides is 1. The van der Waals surface area contributed by atoms with E-state index in [1.54, 1.807) is 36.4 Å². The Balaban J connectivity index is 1.93. The third-order valence-corrected chi connectivity index (χ3v) is 6.82. The highest BCUT2D eigenvalue weighted by molar-refractivity contribution is 9.10. The Hall–Kier alpha value is -2.42. The van der Waals surface area contributed by atoms with Gasteiger partial charge in [0, 0.05) is 10.2 Å². The van der Waals surface area contributed by atoms with Crippen molar-refractivity contribution in [3.8, 4) is 0 Å². The van der Waals surface area contributed by atoms with Gasteiger partial charge in [0.25, 0.3) is 10.0 Å². The Bertz CT molecular complexity index is 1170. The van der Waals surface area contributed by atoms with Gasteiger partial charge in [0.05, 0.1) is 15.6 Å². The Kier molecular flexibility index (Phi) is 6.80. The molecule has 156 valence electrons. The second kappa shape index (κ2) is 9.16. The largest absolute Gasteiger partial charge is 0.324 e. The van der Waals surface area contributed by atoms with Crippen molar-refractivity contribution in [2.24, 2.45) is 0 Å². The van der Waals surface area contributed by atoms with Gasteiger partial charge in [-0.15, -0.1) is 0 Å². The number of nitrogens with zero attached hydrogens (tertiary/aromatic N) is 1. The molecule has 3 rings (SSSR count). The van der Waals surface area contributed by atoms with Crippen LogP contribution in [-0.2, 0) is 14.8 Å². The minimum Gasteiger partial charge on any atom is -0.324 e. The monoisotopic (exact) mass is 510 g/mol. The maximum atomic E-state index is 13.3. The van der Waals surface area contributed by atoms with E-state index in [1.807, 2.05) is 6.92 Å². The van der Waals surface area contributed by atoms with Gasteiger partial charge in [0.2, 0.25) is 5.91 Å². The highest BCUT2D eigenvalue weighted by Gasteiger charge is 2.27. The third kappa shape index (κ3) is 5.19. The van der Waals surface area contributed by atoms with Crippen LogP contribution in [0.15, 0.2) is 76.1 Å². The zero-order valence-corrected chi connectivity index (χ0v) is 18.9. The predicted octanol–water partition coefficient (Wildman–Crippen LogP) is 5.38. The Morgan fingerprint density at radius 1 is 1.07 bits per heavy atom. The summed E-state index contributed by atoms with van der Waals surface area (Å²) in [5.74, 6) is -1.22. The Morgan fingerprint density at radius 2 is 1.70 bits per heavy atom. The molecule has 0 aliphatic carbocycles. The lowest BCUT2D eigenvalue weighted by Gasteiger charge is -2.24. The molecule has 0 fully saturated rings. The first-order valence-corrected chi connectivity index (χ1v) is 11.4. The van der Waals surface area contributed by atoms with E-state index >= 15 is 0 Å². The fourth-order valence-corrected chi connectivity index (χ4v) is 4.53. The first-order chi connectivity index (χ1) is 14.2. The maximum Gasteiger partial charge on any atom is 0.264 e. The number of anilines is 2.